The largest absolute Gasteiger partial charge is 0.480 e. The Hall–Kier alpha value is -2.04. The summed E-state index contributed by atoms with van der Waals surface area (Å²) < 4.78 is 0. The normalized spacial score (nSPS) is 17.8. The molecule has 1 aliphatic heterocycles. The topological polar surface area (TPSA) is 60.9 Å². The van der Waals surface area contributed by atoms with Gasteiger partial charge in [-0.25, -0.2) is 4.79 Å². The predicted molar refractivity (Wildman–Crippen MR) is 81.3 cm³/mol. The lowest BCUT2D eigenvalue weighted by molar-refractivity contribution is -0.148. The number of carbonyl (C=O) groups excluding carboxylic acids is 1. The molecule has 1 amide bonds. The lowest BCUT2D eigenvalue weighted by Gasteiger charge is -2.23. The van der Waals surface area contributed by atoms with E-state index in [-0.39, 0.29) is 5.91 Å². The number of rotatable bonds is 6. The van der Waals surface area contributed by atoms with Crippen LogP contribution in [0.1, 0.15) is 25.7 Å². The fourth-order valence-electron chi connectivity index (χ4n) is 2.74. The van der Waals surface area contributed by atoms with E-state index in [2.05, 4.69) is 4.90 Å². The second kappa shape index (κ2) is 7.11. The summed E-state index contributed by atoms with van der Waals surface area (Å²) in [4.78, 5) is 26.8. The third-order valence-electron chi connectivity index (χ3n) is 3.94. The van der Waals surface area contributed by atoms with Crippen molar-refractivity contribution in [2.45, 2.75) is 31.7 Å². The highest BCUT2D eigenvalue weighted by atomic mass is 16.4. The van der Waals surface area contributed by atoms with Crippen LogP contribution in [0.2, 0.25) is 0 Å². The number of benzene rings is 1. The van der Waals surface area contributed by atoms with Gasteiger partial charge in [0.25, 0.3) is 0 Å². The van der Waals surface area contributed by atoms with Crippen molar-refractivity contribution in [3.63, 3.8) is 0 Å². The van der Waals surface area contributed by atoms with Crippen LogP contribution in [-0.2, 0) is 9.59 Å². The van der Waals surface area contributed by atoms with Gasteiger partial charge in [-0.1, -0.05) is 18.2 Å². The third kappa shape index (κ3) is 3.97. The van der Waals surface area contributed by atoms with Gasteiger partial charge >= 0.3 is 5.97 Å². The van der Waals surface area contributed by atoms with Gasteiger partial charge in [-0.15, -0.1) is 0 Å². The molecule has 2 rings (SSSR count). The number of anilines is 1. The number of carboxylic acids is 1. The molecule has 0 bridgehead atoms. The molecule has 1 aliphatic rings. The van der Waals surface area contributed by atoms with Crippen LogP contribution >= 0.6 is 0 Å². The fraction of sp³-hybridized carbons (Fsp3) is 0.500. The van der Waals surface area contributed by atoms with Crippen molar-refractivity contribution in [1.82, 2.24) is 4.90 Å². The lowest BCUT2D eigenvalue weighted by atomic mass is 10.2. The summed E-state index contributed by atoms with van der Waals surface area (Å²) in [7, 11) is 2.00. The Morgan fingerprint density at radius 3 is 2.71 bits per heavy atom. The highest BCUT2D eigenvalue weighted by molar-refractivity contribution is 5.84. The highest BCUT2D eigenvalue weighted by Gasteiger charge is 2.33. The van der Waals surface area contributed by atoms with E-state index >= 15 is 0 Å². The summed E-state index contributed by atoms with van der Waals surface area (Å²) in [6.45, 7) is 1.35. The van der Waals surface area contributed by atoms with Crippen molar-refractivity contribution in [3.8, 4) is 0 Å². The monoisotopic (exact) mass is 290 g/mol. The molecule has 1 saturated heterocycles. The molecule has 1 aromatic rings. The van der Waals surface area contributed by atoms with E-state index < -0.39 is 12.0 Å². The molecule has 114 valence electrons. The predicted octanol–water partition coefficient (Wildman–Crippen LogP) is 1.98. The number of nitrogens with zero attached hydrogens (tertiary/aromatic N) is 2. The second-order valence-corrected chi connectivity index (χ2v) is 5.44. The SMILES string of the molecule is CN(CCCC(=O)N1CCCC1C(=O)O)c1ccccc1. The lowest BCUT2D eigenvalue weighted by Crippen LogP contribution is -2.40. The van der Waals surface area contributed by atoms with Gasteiger partial charge in [0.15, 0.2) is 0 Å². The molecule has 0 radical (unpaired) electrons. The number of aliphatic carboxylic acids is 1. The van der Waals surface area contributed by atoms with E-state index in [0.717, 1.165) is 25.1 Å². The number of hydrogen-bond acceptors (Lipinski definition) is 3. The maximum Gasteiger partial charge on any atom is 0.326 e. The summed E-state index contributed by atoms with van der Waals surface area (Å²) in [5, 5.41) is 9.09. The third-order valence-corrected chi connectivity index (χ3v) is 3.94. The van der Waals surface area contributed by atoms with Crippen LogP contribution in [0.4, 0.5) is 5.69 Å². The number of amides is 1. The molecular formula is C16H22N2O3. The van der Waals surface area contributed by atoms with Gasteiger partial charge in [-0.05, 0) is 31.4 Å². The first-order valence-electron chi connectivity index (χ1n) is 7.38. The minimum atomic E-state index is -0.887. The minimum absolute atomic E-state index is 0.0404. The number of likely N-dealkylation sites (tertiary alicyclic amines) is 1. The standard InChI is InChI=1S/C16H22N2O3/c1-17(13-7-3-2-4-8-13)11-6-10-15(19)18-12-5-9-14(18)16(20)21/h2-4,7-8,14H,5-6,9-12H2,1H3,(H,20,21). The maximum atomic E-state index is 12.1. The van der Waals surface area contributed by atoms with E-state index in [9.17, 15) is 9.59 Å². The van der Waals surface area contributed by atoms with Crippen LogP contribution < -0.4 is 4.90 Å². The average molecular weight is 290 g/mol. The van der Waals surface area contributed by atoms with Crippen LogP contribution in [0, 0.1) is 0 Å². The summed E-state index contributed by atoms with van der Waals surface area (Å²) in [5.74, 6) is -0.927. The smallest absolute Gasteiger partial charge is 0.326 e. The summed E-state index contributed by atoms with van der Waals surface area (Å²) in [6.07, 6.45) is 2.49. The van der Waals surface area contributed by atoms with Gasteiger partial charge in [-0.3, -0.25) is 4.79 Å². The Morgan fingerprint density at radius 2 is 2.05 bits per heavy atom. The van der Waals surface area contributed by atoms with Crippen LogP contribution in [0.3, 0.4) is 0 Å². The van der Waals surface area contributed by atoms with Gasteiger partial charge in [0, 0.05) is 32.2 Å². The van der Waals surface area contributed by atoms with Crippen LogP contribution in [-0.4, -0.2) is 48.1 Å². The second-order valence-electron chi connectivity index (χ2n) is 5.44. The zero-order valence-electron chi connectivity index (χ0n) is 12.4. The van der Waals surface area contributed by atoms with Gasteiger partial charge in [0.2, 0.25) is 5.91 Å². The Kier molecular flexibility index (Phi) is 5.20. The molecule has 1 heterocycles. The van der Waals surface area contributed by atoms with E-state index in [1.807, 2.05) is 37.4 Å². The van der Waals surface area contributed by atoms with Gasteiger partial charge in [0.1, 0.15) is 6.04 Å². The molecule has 1 N–H and O–H groups in total. The van der Waals surface area contributed by atoms with Crippen molar-refractivity contribution >= 4 is 17.6 Å². The molecule has 1 aromatic carbocycles. The molecule has 5 heteroatoms. The van der Waals surface area contributed by atoms with Gasteiger partial charge in [-0.2, -0.15) is 0 Å². The van der Waals surface area contributed by atoms with Crippen molar-refractivity contribution in [1.29, 1.82) is 0 Å². The first-order valence-corrected chi connectivity index (χ1v) is 7.38. The molecule has 0 spiro atoms. The van der Waals surface area contributed by atoms with Crippen LogP contribution in [0.5, 0.6) is 0 Å². The summed E-state index contributed by atoms with van der Waals surface area (Å²) in [6, 6.07) is 9.38. The van der Waals surface area contributed by atoms with Crippen LogP contribution in [0.25, 0.3) is 0 Å². The maximum absolute atomic E-state index is 12.1. The summed E-state index contributed by atoms with van der Waals surface area (Å²) in [5.41, 5.74) is 1.12. The molecule has 1 atom stereocenters. The first-order chi connectivity index (χ1) is 10.1. The van der Waals surface area contributed by atoms with Crippen molar-refractivity contribution in [2.75, 3.05) is 25.0 Å². The van der Waals surface area contributed by atoms with Crippen molar-refractivity contribution in [2.24, 2.45) is 0 Å². The number of carboxylic acid groups (broad SMARTS) is 1. The molecular weight excluding hydrogens is 268 g/mol. The highest BCUT2D eigenvalue weighted by Crippen LogP contribution is 2.19. The van der Waals surface area contributed by atoms with Crippen LogP contribution in [0.15, 0.2) is 30.3 Å². The first kappa shape index (κ1) is 15.4. The molecule has 1 fully saturated rings. The number of carbonyl (C=O) groups is 2. The van der Waals surface area contributed by atoms with Gasteiger partial charge in [0.05, 0.1) is 0 Å². The zero-order valence-corrected chi connectivity index (χ0v) is 12.4. The number of para-hydroxylation sites is 1. The Labute approximate surface area is 125 Å². The molecule has 0 aliphatic carbocycles. The molecule has 0 saturated carbocycles. The number of hydrogen-bond donors (Lipinski definition) is 1. The Bertz CT molecular complexity index is 490. The Morgan fingerprint density at radius 1 is 1.33 bits per heavy atom. The molecule has 0 aromatic heterocycles. The zero-order chi connectivity index (χ0) is 15.2. The molecule has 5 nitrogen and oxygen atoms in total. The van der Waals surface area contributed by atoms with E-state index in [0.29, 0.717) is 19.4 Å². The average Bonchev–Trinajstić information content (AvgIpc) is 2.97. The van der Waals surface area contributed by atoms with Gasteiger partial charge < -0.3 is 14.9 Å². The molecule has 1 unspecified atom stereocenters. The van der Waals surface area contributed by atoms with Crippen molar-refractivity contribution in [3.05, 3.63) is 30.3 Å². The minimum Gasteiger partial charge on any atom is -0.480 e. The molecule has 21 heavy (non-hydrogen) atoms. The Balaban J connectivity index is 1.78. The quantitative estimate of drug-likeness (QED) is 0.870. The van der Waals surface area contributed by atoms with Crippen molar-refractivity contribution < 1.29 is 14.7 Å². The van der Waals surface area contributed by atoms with E-state index in [1.54, 1.807) is 0 Å². The van der Waals surface area contributed by atoms with E-state index in [4.69, 9.17) is 5.11 Å². The van der Waals surface area contributed by atoms with E-state index in [1.165, 1.54) is 4.90 Å². The summed E-state index contributed by atoms with van der Waals surface area (Å²) >= 11 is 0. The fourth-order valence-corrected chi connectivity index (χ4v) is 2.74.